The Hall–Kier alpha value is -2.32. The molecule has 0 aromatic rings. The number of rotatable bonds is 19. The van der Waals surface area contributed by atoms with E-state index in [0.717, 1.165) is 6.42 Å². The number of nitrogens with zero attached hydrogens (tertiary/aromatic N) is 1. The Morgan fingerprint density at radius 3 is 1.38 bits per heavy atom. The minimum absolute atomic E-state index is 0.0764. The highest BCUT2D eigenvalue weighted by molar-refractivity contribution is 5.74. The lowest BCUT2D eigenvalue weighted by atomic mass is 9.71. The molecule has 1 rings (SSSR count). The highest BCUT2D eigenvalue weighted by atomic mass is 16.4. The number of carboxylic acids is 4. The van der Waals surface area contributed by atoms with Gasteiger partial charge in [0.25, 0.3) is 0 Å². The van der Waals surface area contributed by atoms with Gasteiger partial charge >= 0.3 is 23.9 Å². The van der Waals surface area contributed by atoms with Crippen LogP contribution in [0.15, 0.2) is 0 Å². The Morgan fingerprint density at radius 2 is 0.973 bits per heavy atom. The van der Waals surface area contributed by atoms with E-state index >= 15 is 0 Å². The molecule has 0 aromatic carbocycles. The van der Waals surface area contributed by atoms with Gasteiger partial charge in [-0.3, -0.25) is 19.2 Å². The fourth-order valence-electron chi connectivity index (χ4n) is 5.21. The molecule has 0 spiro atoms. The maximum absolute atomic E-state index is 11.3. The number of hydrogen-bond acceptors (Lipinski definition) is 9. The van der Waals surface area contributed by atoms with Crippen LogP contribution in [0.4, 0.5) is 0 Å². The Kier molecular flexibility index (Phi) is 14.6. The minimum Gasteiger partial charge on any atom is -0.480 e. The highest BCUT2D eigenvalue weighted by Gasteiger charge is 2.37. The Labute approximate surface area is 217 Å². The summed E-state index contributed by atoms with van der Waals surface area (Å²) in [6, 6.07) is -3.85. The Balaban J connectivity index is 2.97. The monoisotopic (exact) mass is 531 g/mol. The van der Waals surface area contributed by atoms with Crippen molar-refractivity contribution in [3.63, 3.8) is 0 Å². The van der Waals surface area contributed by atoms with Gasteiger partial charge in [0.15, 0.2) is 0 Å². The van der Waals surface area contributed by atoms with Crippen molar-refractivity contribution < 1.29 is 39.6 Å². The molecular formula is C24H45N5O8. The van der Waals surface area contributed by atoms with E-state index in [4.69, 9.17) is 33.1 Å². The highest BCUT2D eigenvalue weighted by Crippen LogP contribution is 2.38. The summed E-state index contributed by atoms with van der Waals surface area (Å²) in [6.45, 7) is 2.08. The molecule has 0 bridgehead atoms. The smallest absolute Gasteiger partial charge is 0.320 e. The summed E-state index contributed by atoms with van der Waals surface area (Å²) in [7, 11) is 0. The summed E-state index contributed by atoms with van der Waals surface area (Å²) < 4.78 is 0. The third kappa shape index (κ3) is 12.2. The van der Waals surface area contributed by atoms with Crippen molar-refractivity contribution in [2.75, 3.05) is 19.6 Å². The molecule has 0 aromatic heterocycles. The van der Waals surface area contributed by atoms with Crippen molar-refractivity contribution in [1.82, 2.24) is 4.90 Å². The van der Waals surface area contributed by atoms with Crippen molar-refractivity contribution in [2.24, 2.45) is 40.7 Å². The summed E-state index contributed by atoms with van der Waals surface area (Å²) in [4.78, 5) is 46.9. The number of likely N-dealkylation sites (tertiary alicyclic amines) is 1. The molecule has 37 heavy (non-hydrogen) atoms. The summed E-state index contributed by atoms with van der Waals surface area (Å²) in [5, 5.41) is 36.5. The van der Waals surface area contributed by atoms with Crippen LogP contribution in [0.5, 0.6) is 0 Å². The number of aliphatic carboxylic acids is 4. The van der Waals surface area contributed by atoms with Crippen molar-refractivity contribution >= 4 is 23.9 Å². The Morgan fingerprint density at radius 1 is 0.595 bits per heavy atom. The molecule has 0 saturated carbocycles. The van der Waals surface area contributed by atoms with Gasteiger partial charge in [0.1, 0.15) is 24.2 Å². The lowest BCUT2D eigenvalue weighted by molar-refractivity contribution is -0.139. The van der Waals surface area contributed by atoms with Crippen LogP contribution in [0.25, 0.3) is 0 Å². The Bertz CT molecular complexity index is 721. The van der Waals surface area contributed by atoms with E-state index < -0.39 is 48.0 Å². The van der Waals surface area contributed by atoms with E-state index in [-0.39, 0.29) is 30.6 Å². The lowest BCUT2D eigenvalue weighted by Gasteiger charge is -2.45. The van der Waals surface area contributed by atoms with Crippen LogP contribution < -0.4 is 22.9 Å². The predicted octanol–water partition coefficient (Wildman–Crippen LogP) is -0.301. The zero-order chi connectivity index (χ0) is 28.1. The van der Waals surface area contributed by atoms with E-state index in [1.54, 1.807) is 0 Å². The molecule has 6 unspecified atom stereocenters. The van der Waals surface area contributed by atoms with Gasteiger partial charge in [-0.15, -0.1) is 0 Å². The number of nitrogens with two attached hydrogens (primary N) is 4. The third-order valence-corrected chi connectivity index (χ3v) is 7.45. The van der Waals surface area contributed by atoms with E-state index in [1.165, 1.54) is 0 Å². The molecule has 214 valence electrons. The van der Waals surface area contributed by atoms with Crippen LogP contribution in [0.2, 0.25) is 0 Å². The molecule has 0 radical (unpaired) electrons. The number of carboxylic acid groups (broad SMARTS) is 4. The third-order valence-electron chi connectivity index (χ3n) is 7.45. The van der Waals surface area contributed by atoms with Crippen LogP contribution in [0.1, 0.15) is 64.2 Å². The molecule has 13 nitrogen and oxygen atoms in total. The molecular weight excluding hydrogens is 486 g/mol. The fourth-order valence-corrected chi connectivity index (χ4v) is 5.21. The standard InChI is InChI=1S/C24H45N5O8/c25-17(21(30)31)5-1-2-11-29-12-14(7-9-19(27)23(34)35)16(4-3-6-18(26)22(32)33)15(13-29)8-10-20(28)24(36)37/h14-20H,1-13,25-28H2,(H,30,31)(H,32,33)(H,34,35)(H,36,37). The fraction of sp³-hybridized carbons (Fsp3) is 0.833. The second-order valence-corrected chi connectivity index (χ2v) is 10.3. The molecule has 6 atom stereocenters. The summed E-state index contributed by atoms with van der Waals surface area (Å²) in [5.41, 5.74) is 22.8. The van der Waals surface area contributed by atoms with Gasteiger partial charge in [-0.05, 0) is 75.7 Å². The number of piperidine rings is 1. The van der Waals surface area contributed by atoms with Crippen molar-refractivity contribution in [3.05, 3.63) is 0 Å². The summed E-state index contributed by atoms with van der Waals surface area (Å²) in [6.07, 6.45) is 5.00. The minimum atomic E-state index is -1.07. The zero-order valence-electron chi connectivity index (χ0n) is 21.4. The second-order valence-electron chi connectivity index (χ2n) is 10.3. The molecule has 13 heteroatoms. The first-order valence-electron chi connectivity index (χ1n) is 13.0. The van der Waals surface area contributed by atoms with Gasteiger partial charge in [-0.2, -0.15) is 0 Å². The predicted molar refractivity (Wildman–Crippen MR) is 136 cm³/mol. The zero-order valence-corrected chi connectivity index (χ0v) is 21.4. The van der Waals surface area contributed by atoms with Crippen LogP contribution in [0.3, 0.4) is 0 Å². The van der Waals surface area contributed by atoms with Crippen molar-refractivity contribution in [3.8, 4) is 0 Å². The average molecular weight is 532 g/mol. The first-order valence-corrected chi connectivity index (χ1v) is 13.0. The SMILES string of the molecule is NC(CCCCN1CC(CCC(N)C(=O)O)C(CCCC(N)C(=O)O)C(CCC(N)C(=O)O)C1)C(=O)O. The molecule has 0 amide bonds. The molecule has 12 N–H and O–H groups in total. The van der Waals surface area contributed by atoms with Gasteiger partial charge in [0, 0.05) is 13.1 Å². The van der Waals surface area contributed by atoms with Gasteiger partial charge in [-0.25, -0.2) is 0 Å². The average Bonchev–Trinajstić information content (AvgIpc) is 2.83. The molecule has 1 aliphatic rings. The van der Waals surface area contributed by atoms with Crippen LogP contribution in [-0.2, 0) is 19.2 Å². The molecule has 1 fully saturated rings. The first kappa shape index (κ1) is 32.7. The maximum Gasteiger partial charge on any atom is 0.320 e. The van der Waals surface area contributed by atoms with Crippen molar-refractivity contribution in [1.29, 1.82) is 0 Å². The number of unbranched alkanes of at least 4 members (excludes halogenated alkanes) is 1. The lowest BCUT2D eigenvalue weighted by Crippen LogP contribution is -2.48. The van der Waals surface area contributed by atoms with E-state index in [1.807, 2.05) is 0 Å². The van der Waals surface area contributed by atoms with Crippen LogP contribution >= 0.6 is 0 Å². The number of carbonyl (C=O) groups is 4. The van der Waals surface area contributed by atoms with Crippen LogP contribution in [0, 0.1) is 17.8 Å². The van der Waals surface area contributed by atoms with Crippen LogP contribution in [-0.4, -0.2) is 93.0 Å². The summed E-state index contributed by atoms with van der Waals surface area (Å²) in [5.74, 6) is -3.98. The van der Waals surface area contributed by atoms with Gasteiger partial charge < -0.3 is 48.3 Å². The van der Waals surface area contributed by atoms with E-state index in [0.29, 0.717) is 64.6 Å². The van der Waals surface area contributed by atoms with Gasteiger partial charge in [0.2, 0.25) is 0 Å². The van der Waals surface area contributed by atoms with E-state index in [2.05, 4.69) is 4.90 Å². The molecule has 1 saturated heterocycles. The summed E-state index contributed by atoms with van der Waals surface area (Å²) >= 11 is 0. The van der Waals surface area contributed by atoms with E-state index in [9.17, 15) is 29.4 Å². The number of hydrogen-bond donors (Lipinski definition) is 8. The largest absolute Gasteiger partial charge is 0.480 e. The topological polar surface area (TPSA) is 257 Å². The van der Waals surface area contributed by atoms with Gasteiger partial charge in [-0.1, -0.05) is 12.8 Å². The molecule has 1 heterocycles. The van der Waals surface area contributed by atoms with Crippen molar-refractivity contribution in [2.45, 2.75) is 88.4 Å². The van der Waals surface area contributed by atoms with Gasteiger partial charge in [0.05, 0.1) is 0 Å². The maximum atomic E-state index is 11.3. The molecule has 1 aliphatic heterocycles. The second kappa shape index (κ2) is 16.5. The molecule has 0 aliphatic carbocycles. The normalized spacial score (nSPS) is 23.6. The first-order chi connectivity index (χ1) is 17.3. The quantitative estimate of drug-likeness (QED) is 0.0997.